The van der Waals surface area contributed by atoms with E-state index in [-0.39, 0.29) is 5.91 Å². The Balaban J connectivity index is 2.68. The number of hydrogen-bond donors (Lipinski definition) is 4. The van der Waals surface area contributed by atoms with Crippen LogP contribution in [0.1, 0.15) is 13.8 Å². The second kappa shape index (κ2) is 4.22. The van der Waals surface area contributed by atoms with Gasteiger partial charge >= 0.3 is 0 Å². The van der Waals surface area contributed by atoms with Crippen LogP contribution in [0.2, 0.25) is 0 Å². The van der Waals surface area contributed by atoms with Crippen LogP contribution in [0.4, 0.5) is 0 Å². The first-order valence-electron chi connectivity index (χ1n) is 4.40. The Kier molecular flexibility index (Phi) is 3.43. The summed E-state index contributed by atoms with van der Waals surface area (Å²) in [6.07, 6.45) is -4.59. The number of rotatable bonds is 1. The number of ether oxygens (including phenoxy) is 1. The van der Waals surface area contributed by atoms with Crippen LogP contribution in [0, 0.1) is 0 Å². The van der Waals surface area contributed by atoms with Gasteiger partial charge in [0.1, 0.15) is 12.2 Å². The number of aliphatic hydroxyl groups excluding tert-OH is 3. The van der Waals surface area contributed by atoms with E-state index >= 15 is 0 Å². The Morgan fingerprint density at radius 3 is 2.36 bits per heavy atom. The van der Waals surface area contributed by atoms with Gasteiger partial charge in [0, 0.05) is 6.92 Å². The van der Waals surface area contributed by atoms with Crippen molar-refractivity contribution in [3.8, 4) is 0 Å². The van der Waals surface area contributed by atoms with E-state index in [1.165, 1.54) is 6.92 Å². The molecule has 1 rings (SSSR count). The van der Waals surface area contributed by atoms with Gasteiger partial charge in [-0.05, 0) is 6.92 Å². The molecule has 0 aliphatic carbocycles. The molecule has 1 heterocycles. The lowest BCUT2D eigenvalue weighted by molar-refractivity contribution is -0.253. The quantitative estimate of drug-likeness (QED) is 0.395. The van der Waals surface area contributed by atoms with Gasteiger partial charge in [-0.3, -0.25) is 4.79 Å². The Morgan fingerprint density at radius 1 is 1.29 bits per heavy atom. The zero-order valence-electron chi connectivity index (χ0n) is 8.04. The monoisotopic (exact) mass is 205 g/mol. The lowest BCUT2D eigenvalue weighted by atomic mass is 9.97. The molecule has 0 radical (unpaired) electrons. The molecule has 0 aromatic rings. The molecular weight excluding hydrogens is 190 g/mol. The summed E-state index contributed by atoms with van der Waals surface area (Å²) in [6, 6.07) is -0.703. The largest absolute Gasteiger partial charge is 0.388 e. The molecule has 0 saturated carbocycles. The van der Waals surface area contributed by atoms with Gasteiger partial charge in [0.05, 0.1) is 12.1 Å². The van der Waals surface area contributed by atoms with Crippen molar-refractivity contribution in [2.24, 2.45) is 0 Å². The van der Waals surface area contributed by atoms with Crippen molar-refractivity contribution in [3.05, 3.63) is 0 Å². The van der Waals surface area contributed by atoms with Crippen molar-refractivity contribution < 1.29 is 24.9 Å². The van der Waals surface area contributed by atoms with Crippen LogP contribution in [-0.4, -0.2) is 51.9 Å². The van der Waals surface area contributed by atoms with E-state index in [1.54, 1.807) is 6.92 Å². The van der Waals surface area contributed by atoms with Gasteiger partial charge in [0.15, 0.2) is 6.29 Å². The smallest absolute Gasteiger partial charge is 0.217 e. The molecule has 0 spiro atoms. The fourth-order valence-electron chi connectivity index (χ4n) is 1.48. The minimum atomic E-state index is -1.41. The molecule has 1 saturated heterocycles. The number of nitrogens with one attached hydrogen (secondary N) is 1. The fourth-order valence-corrected chi connectivity index (χ4v) is 1.48. The van der Waals surface area contributed by atoms with Crippen molar-refractivity contribution in [3.63, 3.8) is 0 Å². The Hall–Kier alpha value is -0.690. The fraction of sp³-hybridized carbons (Fsp3) is 0.875. The van der Waals surface area contributed by atoms with Crippen LogP contribution in [-0.2, 0) is 9.53 Å². The highest BCUT2D eigenvalue weighted by Crippen LogP contribution is 2.19. The first-order valence-corrected chi connectivity index (χ1v) is 4.40. The predicted octanol–water partition coefficient (Wildman–Crippen LogP) is -2.05. The van der Waals surface area contributed by atoms with Gasteiger partial charge in [-0.2, -0.15) is 0 Å². The molecule has 0 bridgehead atoms. The molecule has 1 aliphatic rings. The minimum absolute atomic E-state index is 0.326. The summed E-state index contributed by atoms with van der Waals surface area (Å²) in [6.45, 7) is 2.90. The molecule has 82 valence electrons. The summed E-state index contributed by atoms with van der Waals surface area (Å²) in [5.41, 5.74) is 0. The van der Waals surface area contributed by atoms with Gasteiger partial charge in [-0.1, -0.05) is 0 Å². The van der Waals surface area contributed by atoms with Crippen molar-refractivity contribution in [2.45, 2.75) is 44.5 Å². The standard InChI is InChI=1S/C8H15NO5/c1-3-5(9-4(2)10)6(11)7(12)8(13)14-3/h3,5-8,11-13H,1-2H3,(H,9,10)/t3-,5+,6+,7+,8+/m1/s1. The normalized spacial score (nSPS) is 43.4. The van der Waals surface area contributed by atoms with E-state index < -0.39 is 30.6 Å². The van der Waals surface area contributed by atoms with Crippen LogP contribution in [0.5, 0.6) is 0 Å². The molecule has 14 heavy (non-hydrogen) atoms. The number of carbonyl (C=O) groups excluding carboxylic acids is 1. The highest BCUT2D eigenvalue weighted by molar-refractivity contribution is 5.73. The lowest BCUT2D eigenvalue weighted by Gasteiger charge is -2.39. The number of carbonyl (C=O) groups is 1. The molecular formula is C8H15NO5. The van der Waals surface area contributed by atoms with Crippen LogP contribution >= 0.6 is 0 Å². The molecule has 0 unspecified atom stereocenters. The highest BCUT2D eigenvalue weighted by atomic mass is 16.6. The van der Waals surface area contributed by atoms with Crippen LogP contribution in [0.25, 0.3) is 0 Å². The summed E-state index contributed by atoms with van der Waals surface area (Å²) in [7, 11) is 0. The summed E-state index contributed by atoms with van der Waals surface area (Å²) in [5.74, 6) is -0.326. The van der Waals surface area contributed by atoms with E-state index in [4.69, 9.17) is 9.84 Å². The first kappa shape index (κ1) is 11.4. The maximum absolute atomic E-state index is 10.8. The average molecular weight is 205 g/mol. The maximum Gasteiger partial charge on any atom is 0.217 e. The molecule has 6 heteroatoms. The van der Waals surface area contributed by atoms with E-state index in [0.717, 1.165) is 0 Å². The van der Waals surface area contributed by atoms with Gasteiger partial charge in [0.2, 0.25) is 5.91 Å². The van der Waals surface area contributed by atoms with E-state index in [0.29, 0.717) is 0 Å². The van der Waals surface area contributed by atoms with Crippen molar-refractivity contribution in [2.75, 3.05) is 0 Å². The zero-order valence-corrected chi connectivity index (χ0v) is 8.04. The molecule has 1 aliphatic heterocycles. The second-order valence-corrected chi connectivity index (χ2v) is 3.44. The van der Waals surface area contributed by atoms with Gasteiger partial charge in [-0.15, -0.1) is 0 Å². The number of hydrogen-bond acceptors (Lipinski definition) is 5. The third-order valence-corrected chi connectivity index (χ3v) is 2.24. The van der Waals surface area contributed by atoms with E-state index in [1.807, 2.05) is 0 Å². The lowest BCUT2D eigenvalue weighted by Crippen LogP contribution is -2.62. The van der Waals surface area contributed by atoms with Crippen LogP contribution in [0.3, 0.4) is 0 Å². The Morgan fingerprint density at radius 2 is 1.86 bits per heavy atom. The summed E-state index contributed by atoms with van der Waals surface area (Å²) in [4.78, 5) is 10.8. The number of aliphatic hydroxyl groups is 3. The van der Waals surface area contributed by atoms with Crippen molar-refractivity contribution in [1.82, 2.24) is 5.32 Å². The molecule has 1 fully saturated rings. The second-order valence-electron chi connectivity index (χ2n) is 3.44. The van der Waals surface area contributed by atoms with E-state index in [2.05, 4.69) is 5.32 Å². The average Bonchev–Trinajstić information content (AvgIpc) is 2.09. The maximum atomic E-state index is 10.8. The molecule has 4 N–H and O–H groups in total. The van der Waals surface area contributed by atoms with Crippen LogP contribution in [0.15, 0.2) is 0 Å². The summed E-state index contributed by atoms with van der Waals surface area (Å²) in [5, 5.41) is 30.4. The van der Waals surface area contributed by atoms with Gasteiger partial charge < -0.3 is 25.4 Å². The predicted molar refractivity (Wildman–Crippen MR) is 46.2 cm³/mol. The molecule has 5 atom stereocenters. The topological polar surface area (TPSA) is 99.0 Å². The van der Waals surface area contributed by atoms with Crippen LogP contribution < -0.4 is 5.32 Å². The van der Waals surface area contributed by atoms with Gasteiger partial charge in [0.25, 0.3) is 0 Å². The summed E-state index contributed by atoms with van der Waals surface area (Å²) >= 11 is 0. The number of amides is 1. The first-order chi connectivity index (χ1) is 6.43. The molecule has 1 amide bonds. The highest BCUT2D eigenvalue weighted by Gasteiger charge is 2.42. The van der Waals surface area contributed by atoms with Gasteiger partial charge in [-0.25, -0.2) is 0 Å². The minimum Gasteiger partial charge on any atom is -0.388 e. The zero-order chi connectivity index (χ0) is 10.9. The summed E-state index contributed by atoms with van der Waals surface area (Å²) < 4.78 is 4.91. The SMILES string of the molecule is CC(=O)N[C@@H]1[C@H](O)[C@H](O)[C@@H](O)O[C@@H]1C. The molecule has 0 aromatic carbocycles. The third kappa shape index (κ3) is 2.21. The van der Waals surface area contributed by atoms with E-state index in [9.17, 15) is 15.0 Å². The molecule has 0 aromatic heterocycles. The molecule has 6 nitrogen and oxygen atoms in total. The van der Waals surface area contributed by atoms with Crippen molar-refractivity contribution >= 4 is 5.91 Å². The third-order valence-electron chi connectivity index (χ3n) is 2.24. The Bertz CT molecular complexity index is 222. The Labute approximate surface area is 81.5 Å². The van der Waals surface area contributed by atoms with Crippen molar-refractivity contribution in [1.29, 1.82) is 0 Å².